The fourth-order valence-electron chi connectivity index (χ4n) is 4.05. The van der Waals surface area contributed by atoms with Gasteiger partial charge in [0.2, 0.25) is 5.92 Å². The molecule has 0 amide bonds. The zero-order valence-corrected chi connectivity index (χ0v) is 14.6. The Balaban J connectivity index is 1.94. The fraction of sp³-hybridized carbons (Fsp3) is 0.667. The highest BCUT2D eigenvalue weighted by Crippen LogP contribution is 2.51. The van der Waals surface area contributed by atoms with E-state index in [-0.39, 0.29) is 24.9 Å². The van der Waals surface area contributed by atoms with Crippen molar-refractivity contribution in [3.63, 3.8) is 0 Å². The van der Waals surface area contributed by atoms with Crippen LogP contribution in [-0.4, -0.2) is 36.0 Å². The molecule has 3 rings (SSSR count). The second-order valence-electron chi connectivity index (χ2n) is 7.56. The Bertz CT molecular complexity index is 652. The zero-order chi connectivity index (χ0) is 19.3. The van der Waals surface area contributed by atoms with Gasteiger partial charge in [-0.3, -0.25) is 4.90 Å². The summed E-state index contributed by atoms with van der Waals surface area (Å²) in [6.07, 6.45) is -5.44. The third-order valence-electron chi connectivity index (χ3n) is 5.38. The predicted molar refractivity (Wildman–Crippen MR) is 85.4 cm³/mol. The van der Waals surface area contributed by atoms with Crippen LogP contribution in [-0.2, 0) is 6.18 Å². The molecule has 1 saturated carbocycles. The Labute approximate surface area is 148 Å². The average Bonchev–Trinajstić information content (AvgIpc) is 2.48. The molecule has 1 unspecified atom stereocenters. The molecule has 3 atom stereocenters. The standard InChI is InChI=1S/C18H22F6N2/c1-10-9-26(11(2)8-25-10)16(13-6-17(20,21)7-13)12-3-4-14(15(19)5-12)18(22,23)24/h3-5,10-11,13,16,25H,6-9H2,1-2H3/t10-,11+,16?/m0/s1. The zero-order valence-electron chi connectivity index (χ0n) is 14.6. The van der Waals surface area contributed by atoms with E-state index in [9.17, 15) is 26.3 Å². The Morgan fingerprint density at radius 2 is 1.85 bits per heavy atom. The quantitative estimate of drug-likeness (QED) is 0.771. The molecule has 1 saturated heterocycles. The molecule has 0 radical (unpaired) electrons. The minimum Gasteiger partial charge on any atom is -0.311 e. The Hall–Kier alpha value is -1.28. The SMILES string of the molecule is C[C@@H]1CN[C@@H](C)CN1C(c1ccc(C(F)(F)F)c(F)c1)C1CC(F)(F)C1. The van der Waals surface area contributed by atoms with E-state index in [4.69, 9.17) is 0 Å². The molecule has 2 fully saturated rings. The minimum atomic E-state index is -4.78. The van der Waals surface area contributed by atoms with Crippen molar-refractivity contribution in [3.05, 3.63) is 35.1 Å². The third-order valence-corrected chi connectivity index (χ3v) is 5.38. The largest absolute Gasteiger partial charge is 0.419 e. The predicted octanol–water partition coefficient (Wildman–Crippen LogP) is 4.61. The number of nitrogens with one attached hydrogen (secondary N) is 1. The second-order valence-corrected chi connectivity index (χ2v) is 7.56. The lowest BCUT2D eigenvalue weighted by Crippen LogP contribution is -2.58. The second kappa shape index (κ2) is 6.71. The van der Waals surface area contributed by atoms with E-state index < -0.39 is 35.4 Å². The van der Waals surface area contributed by atoms with Crippen molar-refractivity contribution in [2.45, 2.75) is 56.9 Å². The number of rotatable bonds is 3. The van der Waals surface area contributed by atoms with Crippen LogP contribution in [0.25, 0.3) is 0 Å². The lowest BCUT2D eigenvalue weighted by Gasteiger charge is -2.49. The van der Waals surface area contributed by atoms with Gasteiger partial charge in [0.25, 0.3) is 0 Å². The first kappa shape index (κ1) is 19.5. The summed E-state index contributed by atoms with van der Waals surface area (Å²) >= 11 is 0. The lowest BCUT2D eigenvalue weighted by atomic mass is 9.73. The summed E-state index contributed by atoms with van der Waals surface area (Å²) < 4.78 is 79.5. The van der Waals surface area contributed by atoms with Crippen molar-refractivity contribution in [1.29, 1.82) is 0 Å². The molecule has 8 heteroatoms. The van der Waals surface area contributed by atoms with Crippen molar-refractivity contribution < 1.29 is 26.3 Å². The van der Waals surface area contributed by atoms with Gasteiger partial charge in [-0.25, -0.2) is 13.2 Å². The van der Waals surface area contributed by atoms with E-state index in [1.165, 1.54) is 6.07 Å². The van der Waals surface area contributed by atoms with Crippen molar-refractivity contribution in [2.24, 2.45) is 5.92 Å². The molecule has 2 nitrogen and oxygen atoms in total. The maximum atomic E-state index is 14.1. The van der Waals surface area contributed by atoms with E-state index in [0.717, 1.165) is 6.07 Å². The van der Waals surface area contributed by atoms with Gasteiger partial charge in [0.1, 0.15) is 5.82 Å². The van der Waals surface area contributed by atoms with Crippen molar-refractivity contribution in [3.8, 4) is 0 Å². The summed E-state index contributed by atoms with van der Waals surface area (Å²) in [7, 11) is 0. The van der Waals surface area contributed by atoms with E-state index in [1.807, 2.05) is 18.7 Å². The highest BCUT2D eigenvalue weighted by molar-refractivity contribution is 5.30. The summed E-state index contributed by atoms with van der Waals surface area (Å²) in [6, 6.07) is 2.41. The van der Waals surface area contributed by atoms with E-state index in [1.54, 1.807) is 0 Å². The molecule has 1 aliphatic carbocycles. The van der Waals surface area contributed by atoms with Crippen LogP contribution >= 0.6 is 0 Å². The molecule has 1 aliphatic heterocycles. The van der Waals surface area contributed by atoms with Gasteiger partial charge in [-0.05, 0) is 37.5 Å². The first-order valence-electron chi connectivity index (χ1n) is 8.71. The van der Waals surface area contributed by atoms with Gasteiger partial charge in [0.05, 0.1) is 5.56 Å². The molecule has 0 spiro atoms. The van der Waals surface area contributed by atoms with Crippen molar-refractivity contribution in [1.82, 2.24) is 10.2 Å². The van der Waals surface area contributed by atoms with Crippen LogP contribution in [0.5, 0.6) is 0 Å². The smallest absolute Gasteiger partial charge is 0.311 e. The molecule has 0 aromatic heterocycles. The summed E-state index contributed by atoms with van der Waals surface area (Å²) in [5.74, 6) is -4.52. The number of alkyl halides is 5. The molecule has 2 aliphatic rings. The van der Waals surface area contributed by atoms with Gasteiger partial charge >= 0.3 is 6.18 Å². The van der Waals surface area contributed by atoms with Crippen LogP contribution in [0.4, 0.5) is 26.3 Å². The molecule has 26 heavy (non-hydrogen) atoms. The topological polar surface area (TPSA) is 15.3 Å². The molecule has 146 valence electrons. The molecular weight excluding hydrogens is 358 g/mol. The van der Waals surface area contributed by atoms with Crippen LogP contribution in [0.1, 0.15) is 43.9 Å². The molecule has 1 N–H and O–H groups in total. The Morgan fingerprint density at radius 3 is 2.38 bits per heavy atom. The highest BCUT2D eigenvalue weighted by Gasteiger charge is 2.51. The van der Waals surface area contributed by atoms with Crippen molar-refractivity contribution in [2.75, 3.05) is 13.1 Å². The van der Waals surface area contributed by atoms with Gasteiger partial charge < -0.3 is 5.32 Å². The lowest BCUT2D eigenvalue weighted by molar-refractivity contribution is -0.140. The normalized spacial score (nSPS) is 28.6. The molecular formula is C18H22F6N2. The first-order chi connectivity index (χ1) is 12.0. The minimum absolute atomic E-state index is 0.00998. The van der Waals surface area contributed by atoms with Crippen LogP contribution in [0, 0.1) is 11.7 Å². The number of halogens is 6. The summed E-state index contributed by atoms with van der Waals surface area (Å²) in [5.41, 5.74) is -1.00. The van der Waals surface area contributed by atoms with E-state index >= 15 is 0 Å². The molecule has 1 aromatic carbocycles. The Morgan fingerprint density at radius 1 is 1.19 bits per heavy atom. The number of piperazine rings is 1. The van der Waals surface area contributed by atoms with Crippen LogP contribution < -0.4 is 5.32 Å². The molecule has 1 aromatic rings. The monoisotopic (exact) mass is 380 g/mol. The number of nitrogens with zero attached hydrogens (tertiary/aromatic N) is 1. The number of benzene rings is 1. The third kappa shape index (κ3) is 3.86. The van der Waals surface area contributed by atoms with Gasteiger partial charge in [0, 0.05) is 44.1 Å². The van der Waals surface area contributed by atoms with Gasteiger partial charge in [-0.15, -0.1) is 0 Å². The molecule has 1 heterocycles. The van der Waals surface area contributed by atoms with Gasteiger partial charge in [0.15, 0.2) is 0 Å². The summed E-state index contributed by atoms with van der Waals surface area (Å²) in [5, 5.41) is 3.29. The summed E-state index contributed by atoms with van der Waals surface area (Å²) in [4.78, 5) is 2.02. The van der Waals surface area contributed by atoms with E-state index in [2.05, 4.69) is 5.32 Å². The van der Waals surface area contributed by atoms with E-state index in [0.29, 0.717) is 24.7 Å². The molecule has 0 bridgehead atoms. The maximum Gasteiger partial charge on any atom is 0.419 e. The highest BCUT2D eigenvalue weighted by atomic mass is 19.4. The van der Waals surface area contributed by atoms with Crippen molar-refractivity contribution >= 4 is 0 Å². The van der Waals surface area contributed by atoms with Crippen LogP contribution in [0.2, 0.25) is 0 Å². The van der Waals surface area contributed by atoms with Gasteiger partial charge in [-0.2, -0.15) is 13.2 Å². The Kier molecular flexibility index (Phi) is 5.03. The number of hydrogen-bond donors (Lipinski definition) is 1. The first-order valence-corrected chi connectivity index (χ1v) is 8.71. The maximum absolute atomic E-state index is 14.1. The number of hydrogen-bond acceptors (Lipinski definition) is 2. The van der Waals surface area contributed by atoms with Gasteiger partial charge in [-0.1, -0.05) is 6.07 Å². The van der Waals surface area contributed by atoms with Crippen LogP contribution in [0.3, 0.4) is 0 Å². The fourth-order valence-corrected chi connectivity index (χ4v) is 4.05. The summed E-state index contributed by atoms with van der Waals surface area (Å²) in [6.45, 7) is 5.10. The van der Waals surface area contributed by atoms with Crippen LogP contribution in [0.15, 0.2) is 18.2 Å². The average molecular weight is 380 g/mol.